The van der Waals surface area contributed by atoms with E-state index in [1.807, 2.05) is 63.2 Å². The maximum Gasteiger partial charge on any atom is 0.287 e. The maximum atomic E-state index is 12.4. The van der Waals surface area contributed by atoms with E-state index in [1.165, 1.54) is 5.56 Å². The Morgan fingerprint density at radius 3 is 2.50 bits per heavy atom. The summed E-state index contributed by atoms with van der Waals surface area (Å²) in [6.07, 6.45) is 0. The fourth-order valence-corrected chi connectivity index (χ4v) is 2.72. The van der Waals surface area contributed by atoms with Crippen molar-refractivity contribution in [3.8, 4) is 11.5 Å². The standard InChI is InChI=1S/C21H23NO4/c1-4-24-17-9-10-19-18(13-17)15(3)20(26-19)21(23)22-11-12-25-16-7-5-14(2)6-8-16/h5-10,13H,4,11-12H2,1-3H3,(H,22,23). The van der Waals surface area contributed by atoms with Gasteiger partial charge in [-0.3, -0.25) is 4.79 Å². The lowest BCUT2D eigenvalue weighted by Crippen LogP contribution is -2.28. The summed E-state index contributed by atoms with van der Waals surface area (Å²) in [6, 6.07) is 13.4. The molecule has 5 heteroatoms. The molecule has 136 valence electrons. The van der Waals surface area contributed by atoms with Gasteiger partial charge in [-0.15, -0.1) is 0 Å². The van der Waals surface area contributed by atoms with Crippen molar-refractivity contribution in [2.24, 2.45) is 0 Å². The second-order valence-corrected chi connectivity index (χ2v) is 6.06. The van der Waals surface area contributed by atoms with Gasteiger partial charge in [0.25, 0.3) is 5.91 Å². The first-order chi connectivity index (χ1) is 12.6. The second-order valence-electron chi connectivity index (χ2n) is 6.06. The summed E-state index contributed by atoms with van der Waals surface area (Å²) in [5.74, 6) is 1.63. The van der Waals surface area contributed by atoms with Crippen LogP contribution in [0.3, 0.4) is 0 Å². The lowest BCUT2D eigenvalue weighted by Gasteiger charge is -2.07. The molecule has 0 atom stereocenters. The Labute approximate surface area is 152 Å². The molecule has 26 heavy (non-hydrogen) atoms. The van der Waals surface area contributed by atoms with Crippen LogP contribution < -0.4 is 14.8 Å². The monoisotopic (exact) mass is 353 g/mol. The van der Waals surface area contributed by atoms with Crippen molar-refractivity contribution in [2.45, 2.75) is 20.8 Å². The summed E-state index contributed by atoms with van der Waals surface area (Å²) >= 11 is 0. The van der Waals surface area contributed by atoms with Crippen LogP contribution in [0.15, 0.2) is 46.9 Å². The first kappa shape index (κ1) is 17.9. The number of hydrogen-bond acceptors (Lipinski definition) is 4. The minimum absolute atomic E-state index is 0.246. The maximum absolute atomic E-state index is 12.4. The Morgan fingerprint density at radius 2 is 1.77 bits per heavy atom. The van der Waals surface area contributed by atoms with E-state index in [9.17, 15) is 4.79 Å². The summed E-state index contributed by atoms with van der Waals surface area (Å²) < 4.78 is 16.8. The van der Waals surface area contributed by atoms with Crippen molar-refractivity contribution < 1.29 is 18.7 Å². The molecule has 0 bridgehead atoms. The molecule has 0 aliphatic heterocycles. The molecule has 0 aliphatic rings. The molecular weight excluding hydrogens is 330 g/mol. The minimum atomic E-state index is -0.246. The fourth-order valence-electron chi connectivity index (χ4n) is 2.72. The molecule has 1 aromatic heterocycles. The predicted octanol–water partition coefficient (Wildman–Crippen LogP) is 4.26. The minimum Gasteiger partial charge on any atom is -0.494 e. The third-order valence-electron chi connectivity index (χ3n) is 4.10. The topological polar surface area (TPSA) is 60.7 Å². The van der Waals surface area contributed by atoms with Crippen LogP contribution in [-0.2, 0) is 0 Å². The lowest BCUT2D eigenvalue weighted by atomic mass is 10.1. The summed E-state index contributed by atoms with van der Waals surface area (Å²) in [4.78, 5) is 12.4. The molecule has 1 N–H and O–H groups in total. The number of aryl methyl sites for hydroxylation is 2. The molecule has 0 spiro atoms. The highest BCUT2D eigenvalue weighted by molar-refractivity contribution is 5.99. The Kier molecular flexibility index (Phi) is 5.46. The van der Waals surface area contributed by atoms with Crippen LogP contribution >= 0.6 is 0 Å². The van der Waals surface area contributed by atoms with E-state index in [2.05, 4.69) is 5.32 Å². The van der Waals surface area contributed by atoms with Crippen LogP contribution in [0.4, 0.5) is 0 Å². The van der Waals surface area contributed by atoms with Gasteiger partial charge < -0.3 is 19.2 Å². The van der Waals surface area contributed by atoms with Crippen molar-refractivity contribution in [1.29, 1.82) is 0 Å². The Morgan fingerprint density at radius 1 is 1.04 bits per heavy atom. The van der Waals surface area contributed by atoms with Crippen LogP contribution in [0.25, 0.3) is 11.0 Å². The molecule has 0 saturated heterocycles. The number of ether oxygens (including phenoxy) is 2. The van der Waals surface area contributed by atoms with Gasteiger partial charge in [0.15, 0.2) is 5.76 Å². The van der Waals surface area contributed by atoms with Gasteiger partial charge in [0.1, 0.15) is 23.7 Å². The molecular formula is C21H23NO4. The van der Waals surface area contributed by atoms with Crippen molar-refractivity contribution in [1.82, 2.24) is 5.32 Å². The van der Waals surface area contributed by atoms with E-state index in [1.54, 1.807) is 0 Å². The van der Waals surface area contributed by atoms with Crippen LogP contribution in [0, 0.1) is 13.8 Å². The highest BCUT2D eigenvalue weighted by Gasteiger charge is 2.17. The number of carbonyl (C=O) groups is 1. The molecule has 0 radical (unpaired) electrons. The summed E-state index contributed by atoms with van der Waals surface area (Å²) in [6.45, 7) is 7.22. The molecule has 0 unspecified atom stereocenters. The normalized spacial score (nSPS) is 10.7. The SMILES string of the molecule is CCOc1ccc2oc(C(=O)NCCOc3ccc(C)cc3)c(C)c2c1. The number of furan rings is 1. The number of benzene rings is 2. The van der Waals surface area contributed by atoms with Crippen LogP contribution in [0.2, 0.25) is 0 Å². The highest BCUT2D eigenvalue weighted by Crippen LogP contribution is 2.28. The average molecular weight is 353 g/mol. The van der Waals surface area contributed by atoms with Gasteiger partial charge in [-0.05, 0) is 51.1 Å². The molecule has 0 saturated carbocycles. The molecule has 0 aliphatic carbocycles. The van der Waals surface area contributed by atoms with E-state index in [-0.39, 0.29) is 5.91 Å². The zero-order chi connectivity index (χ0) is 18.5. The number of nitrogens with one attached hydrogen (secondary N) is 1. The molecule has 1 amide bonds. The predicted molar refractivity (Wildman–Crippen MR) is 101 cm³/mol. The Bertz CT molecular complexity index is 896. The fraction of sp³-hybridized carbons (Fsp3) is 0.286. The van der Waals surface area contributed by atoms with Crippen molar-refractivity contribution in [3.05, 3.63) is 59.4 Å². The number of fused-ring (bicyclic) bond motifs is 1. The third-order valence-corrected chi connectivity index (χ3v) is 4.10. The molecule has 5 nitrogen and oxygen atoms in total. The first-order valence-electron chi connectivity index (χ1n) is 8.72. The summed E-state index contributed by atoms with van der Waals surface area (Å²) in [5, 5.41) is 3.72. The van der Waals surface area contributed by atoms with E-state index in [0.717, 1.165) is 22.4 Å². The van der Waals surface area contributed by atoms with E-state index in [0.29, 0.717) is 31.1 Å². The zero-order valence-corrected chi connectivity index (χ0v) is 15.3. The third kappa shape index (κ3) is 3.99. The van der Waals surface area contributed by atoms with Crippen molar-refractivity contribution in [2.75, 3.05) is 19.8 Å². The van der Waals surface area contributed by atoms with Crippen LogP contribution in [-0.4, -0.2) is 25.7 Å². The number of hydrogen-bond donors (Lipinski definition) is 1. The van der Waals surface area contributed by atoms with Gasteiger partial charge in [0.05, 0.1) is 13.2 Å². The first-order valence-corrected chi connectivity index (χ1v) is 8.72. The zero-order valence-electron chi connectivity index (χ0n) is 15.3. The molecule has 3 rings (SSSR count). The molecule has 0 fully saturated rings. The van der Waals surface area contributed by atoms with Crippen molar-refractivity contribution in [3.63, 3.8) is 0 Å². The van der Waals surface area contributed by atoms with Gasteiger partial charge in [0, 0.05) is 10.9 Å². The van der Waals surface area contributed by atoms with Crippen molar-refractivity contribution >= 4 is 16.9 Å². The van der Waals surface area contributed by atoms with Gasteiger partial charge >= 0.3 is 0 Å². The van der Waals surface area contributed by atoms with Gasteiger partial charge in [0.2, 0.25) is 0 Å². The summed E-state index contributed by atoms with van der Waals surface area (Å²) in [5.41, 5.74) is 2.66. The quantitative estimate of drug-likeness (QED) is 0.645. The number of rotatable bonds is 7. The molecule has 3 aromatic rings. The second kappa shape index (κ2) is 7.95. The molecule has 2 aromatic carbocycles. The van der Waals surface area contributed by atoms with E-state index >= 15 is 0 Å². The Hall–Kier alpha value is -2.95. The largest absolute Gasteiger partial charge is 0.494 e. The smallest absolute Gasteiger partial charge is 0.287 e. The van der Waals surface area contributed by atoms with Crippen LogP contribution in [0.5, 0.6) is 11.5 Å². The Balaban J connectivity index is 1.60. The van der Waals surface area contributed by atoms with Gasteiger partial charge in [-0.25, -0.2) is 0 Å². The number of carbonyl (C=O) groups excluding carboxylic acids is 1. The average Bonchev–Trinajstić information content (AvgIpc) is 2.97. The molecule has 1 heterocycles. The van der Waals surface area contributed by atoms with Gasteiger partial charge in [-0.2, -0.15) is 0 Å². The number of amides is 1. The van der Waals surface area contributed by atoms with Gasteiger partial charge in [-0.1, -0.05) is 17.7 Å². The van der Waals surface area contributed by atoms with Crippen LogP contribution in [0.1, 0.15) is 28.6 Å². The lowest BCUT2D eigenvalue weighted by molar-refractivity contribution is 0.0920. The van der Waals surface area contributed by atoms with E-state index < -0.39 is 0 Å². The highest BCUT2D eigenvalue weighted by atomic mass is 16.5. The van der Waals surface area contributed by atoms with E-state index in [4.69, 9.17) is 13.9 Å². The summed E-state index contributed by atoms with van der Waals surface area (Å²) in [7, 11) is 0.